The van der Waals surface area contributed by atoms with Crippen molar-refractivity contribution in [3.8, 4) is 17.7 Å². The number of hydrogen-bond donors (Lipinski definition) is 0. The Kier molecular flexibility index (Phi) is 5.79. The number of halogens is 1. The zero-order valence-electron chi connectivity index (χ0n) is 14.5. The summed E-state index contributed by atoms with van der Waals surface area (Å²) in [6.45, 7) is 0.475. The maximum atomic E-state index is 13.1. The van der Waals surface area contributed by atoms with Gasteiger partial charge in [0.05, 0.1) is 13.7 Å². The predicted molar refractivity (Wildman–Crippen MR) is 97.2 cm³/mol. The van der Waals surface area contributed by atoms with Gasteiger partial charge in [-0.05, 0) is 31.0 Å². The molecule has 1 fully saturated rings. The first-order valence-corrected chi connectivity index (χ1v) is 9.99. The van der Waals surface area contributed by atoms with Crippen molar-refractivity contribution >= 4 is 21.6 Å². The van der Waals surface area contributed by atoms with Crippen LogP contribution in [0.2, 0.25) is 5.02 Å². The van der Waals surface area contributed by atoms with E-state index in [-0.39, 0.29) is 28.8 Å². The average molecular weight is 409 g/mol. The molecule has 1 aromatic heterocycles. The summed E-state index contributed by atoms with van der Waals surface area (Å²) in [5, 5.41) is 9.40. The highest BCUT2D eigenvalue weighted by atomic mass is 35.5. The molecule has 0 aliphatic carbocycles. The second kappa shape index (κ2) is 8.08. The van der Waals surface area contributed by atoms with E-state index in [1.807, 2.05) is 6.07 Å². The number of aromatic nitrogens is 2. The first-order valence-electron chi connectivity index (χ1n) is 8.17. The van der Waals surface area contributed by atoms with Crippen LogP contribution in [0.4, 0.5) is 0 Å². The van der Waals surface area contributed by atoms with Gasteiger partial charge in [-0.2, -0.15) is 9.57 Å². The molecule has 1 aromatic carbocycles. The van der Waals surface area contributed by atoms with E-state index in [9.17, 15) is 8.42 Å². The minimum Gasteiger partial charge on any atom is -0.495 e. The monoisotopic (exact) mass is 408 g/mol. The Bertz CT molecular complexity index is 977. The van der Waals surface area contributed by atoms with Crippen LogP contribution < -0.4 is 9.47 Å². The lowest BCUT2D eigenvalue weighted by atomic mass is 10.1. The zero-order chi connectivity index (χ0) is 19.4. The first-order chi connectivity index (χ1) is 13.0. The molecule has 0 bridgehead atoms. The fourth-order valence-electron chi connectivity index (χ4n) is 2.86. The molecule has 142 valence electrons. The van der Waals surface area contributed by atoms with Crippen LogP contribution >= 0.6 is 11.6 Å². The normalized spacial score (nSPS) is 17.9. The smallest absolute Gasteiger partial charge is 0.251 e. The zero-order valence-corrected chi connectivity index (χ0v) is 16.1. The fraction of sp³-hybridized carbons (Fsp3) is 0.353. The van der Waals surface area contributed by atoms with Crippen LogP contribution in [0.25, 0.3) is 0 Å². The molecule has 8 nitrogen and oxygen atoms in total. The maximum absolute atomic E-state index is 13.1. The number of sulfonamides is 1. The molecule has 10 heteroatoms. The van der Waals surface area contributed by atoms with E-state index in [2.05, 4.69) is 9.97 Å². The SMILES string of the molecule is COc1ccc(Cl)cc1S(=O)(=O)N1CCCC(Oc2nccnc2C#N)C1. The standard InChI is InChI=1S/C17H17ClN4O4S/c1-25-15-5-4-12(18)9-16(15)27(23,24)22-8-2-3-13(11-22)26-17-14(10-19)20-6-7-21-17/h4-7,9,13H,2-3,8,11H2,1H3. The van der Waals surface area contributed by atoms with E-state index in [1.54, 1.807) is 6.07 Å². The Morgan fingerprint density at radius 1 is 1.33 bits per heavy atom. The molecule has 1 aliphatic heterocycles. The number of nitrogens with zero attached hydrogens (tertiary/aromatic N) is 4. The highest BCUT2D eigenvalue weighted by Crippen LogP contribution is 2.31. The van der Waals surface area contributed by atoms with Crippen molar-refractivity contribution in [1.82, 2.24) is 14.3 Å². The summed E-state index contributed by atoms with van der Waals surface area (Å²) in [7, 11) is -2.42. The predicted octanol–water partition coefficient (Wildman–Crippen LogP) is 2.24. The lowest BCUT2D eigenvalue weighted by Crippen LogP contribution is -2.44. The second-order valence-corrected chi connectivity index (χ2v) is 8.21. The highest BCUT2D eigenvalue weighted by molar-refractivity contribution is 7.89. The molecule has 0 N–H and O–H groups in total. The van der Waals surface area contributed by atoms with E-state index < -0.39 is 16.1 Å². The Labute approximate surface area is 162 Å². The Morgan fingerprint density at radius 2 is 2.11 bits per heavy atom. The second-order valence-electron chi connectivity index (χ2n) is 5.86. The average Bonchev–Trinajstić information content (AvgIpc) is 2.68. The summed E-state index contributed by atoms with van der Waals surface area (Å²) in [6, 6.07) is 6.37. The van der Waals surface area contributed by atoms with Gasteiger partial charge in [-0.25, -0.2) is 18.4 Å². The Balaban J connectivity index is 1.84. The molecular weight excluding hydrogens is 392 g/mol. The number of benzene rings is 1. The Hall–Kier alpha value is -2.41. The van der Waals surface area contributed by atoms with Crippen molar-refractivity contribution in [3.63, 3.8) is 0 Å². The van der Waals surface area contributed by atoms with Gasteiger partial charge in [-0.15, -0.1) is 0 Å². The van der Waals surface area contributed by atoms with Gasteiger partial charge in [0.15, 0.2) is 0 Å². The molecule has 1 saturated heterocycles. The first kappa shape index (κ1) is 19.4. The third kappa shape index (κ3) is 4.13. The number of methoxy groups -OCH3 is 1. The van der Waals surface area contributed by atoms with Crippen molar-refractivity contribution in [2.75, 3.05) is 20.2 Å². The van der Waals surface area contributed by atoms with Crippen LogP contribution in [0, 0.1) is 11.3 Å². The largest absolute Gasteiger partial charge is 0.495 e. The number of piperidine rings is 1. The van der Waals surface area contributed by atoms with Crippen molar-refractivity contribution in [2.45, 2.75) is 23.8 Å². The van der Waals surface area contributed by atoms with Crippen LogP contribution in [-0.2, 0) is 10.0 Å². The minimum absolute atomic E-state index is 0.00960. The van der Waals surface area contributed by atoms with Crippen molar-refractivity contribution in [2.24, 2.45) is 0 Å². The van der Waals surface area contributed by atoms with Gasteiger partial charge in [-0.3, -0.25) is 0 Å². The summed E-state index contributed by atoms with van der Waals surface area (Å²) in [5.74, 6) is 0.327. The van der Waals surface area contributed by atoms with Crippen molar-refractivity contribution in [3.05, 3.63) is 41.3 Å². The molecule has 3 rings (SSSR count). The van der Waals surface area contributed by atoms with Gasteiger partial charge in [0.2, 0.25) is 15.7 Å². The van der Waals surface area contributed by atoms with Gasteiger partial charge < -0.3 is 9.47 Å². The molecule has 1 aliphatic rings. The van der Waals surface area contributed by atoms with Crippen LogP contribution in [0.15, 0.2) is 35.5 Å². The molecule has 2 aromatic rings. The fourth-order valence-corrected chi connectivity index (χ4v) is 4.79. The molecular formula is C17H17ClN4O4S. The molecule has 0 amide bonds. The van der Waals surface area contributed by atoms with Gasteiger partial charge in [0, 0.05) is 24.0 Å². The topological polar surface area (TPSA) is 105 Å². The summed E-state index contributed by atoms with van der Waals surface area (Å²) >= 11 is 5.98. The van der Waals surface area contributed by atoms with Gasteiger partial charge in [0.25, 0.3) is 5.88 Å². The van der Waals surface area contributed by atoms with Crippen LogP contribution in [0.1, 0.15) is 18.5 Å². The molecule has 2 heterocycles. The van der Waals surface area contributed by atoms with Gasteiger partial charge in [-0.1, -0.05) is 11.6 Å². The Morgan fingerprint density at radius 3 is 2.85 bits per heavy atom. The lowest BCUT2D eigenvalue weighted by Gasteiger charge is -2.32. The van der Waals surface area contributed by atoms with E-state index in [4.69, 9.17) is 26.3 Å². The number of hydrogen-bond acceptors (Lipinski definition) is 7. The van der Waals surface area contributed by atoms with Gasteiger partial charge >= 0.3 is 0 Å². The number of nitriles is 1. The summed E-state index contributed by atoms with van der Waals surface area (Å²) in [5.41, 5.74) is 0.0639. The van der Waals surface area contributed by atoms with Crippen LogP contribution in [0.5, 0.6) is 11.6 Å². The molecule has 1 atom stereocenters. The van der Waals surface area contributed by atoms with Crippen LogP contribution in [-0.4, -0.2) is 49.0 Å². The van der Waals surface area contributed by atoms with Crippen molar-refractivity contribution in [1.29, 1.82) is 5.26 Å². The highest BCUT2D eigenvalue weighted by Gasteiger charge is 2.33. The van der Waals surface area contributed by atoms with E-state index in [1.165, 1.54) is 35.9 Å². The number of rotatable bonds is 5. The molecule has 1 unspecified atom stereocenters. The van der Waals surface area contributed by atoms with Crippen LogP contribution in [0.3, 0.4) is 0 Å². The molecule has 27 heavy (non-hydrogen) atoms. The van der Waals surface area contributed by atoms with Gasteiger partial charge in [0.1, 0.15) is 22.8 Å². The number of ether oxygens (including phenoxy) is 2. The third-order valence-corrected chi connectivity index (χ3v) is 6.25. The minimum atomic E-state index is -3.83. The third-order valence-electron chi connectivity index (χ3n) is 4.13. The molecule has 0 spiro atoms. The maximum Gasteiger partial charge on any atom is 0.251 e. The van der Waals surface area contributed by atoms with E-state index in [0.717, 1.165) is 0 Å². The summed E-state index contributed by atoms with van der Waals surface area (Å²) in [6.07, 6.45) is 3.62. The quantitative estimate of drug-likeness (QED) is 0.746. The van der Waals surface area contributed by atoms with Crippen molar-refractivity contribution < 1.29 is 17.9 Å². The van der Waals surface area contributed by atoms with E-state index >= 15 is 0 Å². The van der Waals surface area contributed by atoms with E-state index in [0.29, 0.717) is 24.4 Å². The summed E-state index contributed by atoms with van der Waals surface area (Å²) in [4.78, 5) is 7.92. The summed E-state index contributed by atoms with van der Waals surface area (Å²) < 4.78 is 38.5. The lowest BCUT2D eigenvalue weighted by molar-refractivity contribution is 0.123. The molecule has 0 saturated carbocycles. The molecule has 0 radical (unpaired) electrons.